The SMILES string of the molecule is OC[C@H]1O[C@@H](OC[C@@H]2O[C@H](O)[C@@H](O)[C@H](O)[C@H]2O)[C@H](O)[C@H](O)[C@H]1O. The molecule has 2 saturated heterocycles. The molecule has 0 radical (unpaired) electrons. The molecule has 0 unspecified atom stereocenters. The van der Waals surface area contributed by atoms with Gasteiger partial charge in [0.2, 0.25) is 0 Å². The van der Waals surface area contributed by atoms with Crippen LogP contribution in [0.5, 0.6) is 0 Å². The lowest BCUT2D eigenvalue weighted by molar-refractivity contribution is -0.325. The van der Waals surface area contributed by atoms with Gasteiger partial charge in [0.1, 0.15) is 48.8 Å². The molecule has 136 valence electrons. The molecule has 0 spiro atoms. The molecule has 8 N–H and O–H groups in total. The summed E-state index contributed by atoms with van der Waals surface area (Å²) in [5.41, 5.74) is 0. The average molecular weight is 342 g/mol. The monoisotopic (exact) mass is 342 g/mol. The molecule has 0 bridgehead atoms. The third kappa shape index (κ3) is 3.81. The molecular formula is C12H22O11. The van der Waals surface area contributed by atoms with Gasteiger partial charge in [-0.2, -0.15) is 0 Å². The zero-order valence-corrected chi connectivity index (χ0v) is 12.0. The van der Waals surface area contributed by atoms with Crippen LogP contribution in [0.2, 0.25) is 0 Å². The number of hydrogen-bond donors (Lipinski definition) is 8. The van der Waals surface area contributed by atoms with Crippen molar-refractivity contribution in [1.82, 2.24) is 0 Å². The summed E-state index contributed by atoms with van der Waals surface area (Å²) < 4.78 is 15.1. The normalized spacial score (nSPS) is 51.7. The van der Waals surface area contributed by atoms with E-state index in [1.165, 1.54) is 0 Å². The second kappa shape index (κ2) is 7.63. The van der Waals surface area contributed by atoms with E-state index in [1.807, 2.05) is 0 Å². The van der Waals surface area contributed by atoms with Crippen molar-refractivity contribution in [2.45, 2.75) is 61.4 Å². The second-order valence-corrected chi connectivity index (χ2v) is 5.57. The predicted octanol–water partition coefficient (Wildman–Crippen LogP) is -5.40. The van der Waals surface area contributed by atoms with E-state index < -0.39 is 74.6 Å². The molecule has 2 aliphatic heterocycles. The fourth-order valence-corrected chi connectivity index (χ4v) is 2.46. The van der Waals surface area contributed by atoms with Crippen molar-refractivity contribution in [2.24, 2.45) is 0 Å². The largest absolute Gasteiger partial charge is 0.394 e. The molecule has 0 aromatic rings. The molecule has 11 heteroatoms. The van der Waals surface area contributed by atoms with Crippen molar-refractivity contribution in [3.05, 3.63) is 0 Å². The van der Waals surface area contributed by atoms with Crippen molar-refractivity contribution in [3.63, 3.8) is 0 Å². The van der Waals surface area contributed by atoms with Crippen LogP contribution in [0.4, 0.5) is 0 Å². The molecule has 2 rings (SSSR count). The minimum absolute atomic E-state index is 0.468. The molecule has 0 aliphatic carbocycles. The summed E-state index contributed by atoms with van der Waals surface area (Å²) in [6, 6.07) is 0. The van der Waals surface area contributed by atoms with Gasteiger partial charge in [-0.05, 0) is 0 Å². The van der Waals surface area contributed by atoms with Crippen LogP contribution in [0.25, 0.3) is 0 Å². The first kappa shape index (κ1) is 18.9. The fourth-order valence-electron chi connectivity index (χ4n) is 2.46. The van der Waals surface area contributed by atoms with Crippen LogP contribution in [0.1, 0.15) is 0 Å². The maximum absolute atomic E-state index is 9.78. The van der Waals surface area contributed by atoms with E-state index in [2.05, 4.69) is 0 Å². The Hall–Kier alpha value is -0.440. The Balaban J connectivity index is 1.94. The molecule has 0 saturated carbocycles. The standard InChI is InChI=1S/C12H22O11/c13-1-3-5(14)8(17)10(19)12(23-3)21-2-4-6(15)7(16)9(18)11(20)22-4/h3-20H,1-2H2/t3-,4+,5+,6+,7-,8-,9+,10-,11+,12-/m1/s1. The molecule has 2 aliphatic rings. The van der Waals surface area contributed by atoms with Gasteiger partial charge in [-0.25, -0.2) is 0 Å². The molecule has 0 aromatic heterocycles. The Morgan fingerprint density at radius 1 is 0.652 bits per heavy atom. The maximum Gasteiger partial charge on any atom is 0.186 e. The van der Waals surface area contributed by atoms with Gasteiger partial charge < -0.3 is 55.1 Å². The Morgan fingerprint density at radius 3 is 1.83 bits per heavy atom. The van der Waals surface area contributed by atoms with Gasteiger partial charge in [-0.3, -0.25) is 0 Å². The first-order valence-corrected chi connectivity index (χ1v) is 7.07. The summed E-state index contributed by atoms with van der Waals surface area (Å²) in [6.07, 6.45) is -15.3. The van der Waals surface area contributed by atoms with Crippen LogP contribution >= 0.6 is 0 Å². The minimum Gasteiger partial charge on any atom is -0.394 e. The van der Waals surface area contributed by atoms with E-state index in [0.29, 0.717) is 0 Å². The average Bonchev–Trinajstić information content (AvgIpc) is 2.54. The van der Waals surface area contributed by atoms with E-state index in [9.17, 15) is 35.7 Å². The molecule has 0 amide bonds. The van der Waals surface area contributed by atoms with Crippen LogP contribution < -0.4 is 0 Å². The van der Waals surface area contributed by atoms with Crippen LogP contribution in [0.3, 0.4) is 0 Å². The molecule has 0 aromatic carbocycles. The van der Waals surface area contributed by atoms with E-state index in [4.69, 9.17) is 19.3 Å². The first-order chi connectivity index (χ1) is 10.8. The number of ether oxygens (including phenoxy) is 3. The number of aliphatic hydroxyl groups excluding tert-OH is 8. The highest BCUT2D eigenvalue weighted by Crippen LogP contribution is 2.24. The lowest BCUT2D eigenvalue weighted by Crippen LogP contribution is -2.61. The zero-order chi connectivity index (χ0) is 17.3. The molecule has 11 nitrogen and oxygen atoms in total. The topological polar surface area (TPSA) is 190 Å². The zero-order valence-electron chi connectivity index (χ0n) is 12.0. The predicted molar refractivity (Wildman–Crippen MR) is 68.6 cm³/mol. The van der Waals surface area contributed by atoms with E-state index in [1.54, 1.807) is 0 Å². The van der Waals surface area contributed by atoms with Crippen molar-refractivity contribution in [2.75, 3.05) is 13.2 Å². The minimum atomic E-state index is -1.74. The third-order valence-corrected chi connectivity index (χ3v) is 3.96. The highest BCUT2D eigenvalue weighted by atomic mass is 16.7. The second-order valence-electron chi connectivity index (χ2n) is 5.57. The summed E-state index contributed by atoms with van der Waals surface area (Å²) in [5.74, 6) is 0. The van der Waals surface area contributed by atoms with Gasteiger partial charge in [0.25, 0.3) is 0 Å². The van der Waals surface area contributed by atoms with E-state index in [-0.39, 0.29) is 0 Å². The van der Waals surface area contributed by atoms with Gasteiger partial charge in [0.15, 0.2) is 12.6 Å². The van der Waals surface area contributed by atoms with E-state index >= 15 is 0 Å². The van der Waals surface area contributed by atoms with Crippen molar-refractivity contribution in [3.8, 4) is 0 Å². The first-order valence-electron chi connectivity index (χ1n) is 7.07. The molecule has 10 atom stereocenters. The molecular weight excluding hydrogens is 320 g/mol. The quantitative estimate of drug-likeness (QED) is 0.243. The lowest BCUT2D eigenvalue weighted by atomic mass is 9.98. The highest BCUT2D eigenvalue weighted by molar-refractivity contribution is 4.91. The molecule has 2 fully saturated rings. The van der Waals surface area contributed by atoms with E-state index in [0.717, 1.165) is 0 Å². The number of rotatable bonds is 4. The summed E-state index contributed by atoms with van der Waals surface area (Å²) in [6.45, 7) is -1.10. The van der Waals surface area contributed by atoms with Crippen LogP contribution in [-0.2, 0) is 14.2 Å². The smallest absolute Gasteiger partial charge is 0.186 e. The lowest BCUT2D eigenvalue weighted by Gasteiger charge is -2.41. The summed E-state index contributed by atoms with van der Waals surface area (Å²) in [7, 11) is 0. The maximum atomic E-state index is 9.78. The van der Waals surface area contributed by atoms with Crippen molar-refractivity contribution in [1.29, 1.82) is 0 Å². The van der Waals surface area contributed by atoms with Gasteiger partial charge in [-0.15, -0.1) is 0 Å². The summed E-state index contributed by atoms with van der Waals surface area (Å²) >= 11 is 0. The van der Waals surface area contributed by atoms with Crippen LogP contribution in [0.15, 0.2) is 0 Å². The van der Waals surface area contributed by atoms with Gasteiger partial charge >= 0.3 is 0 Å². The number of aliphatic hydroxyl groups is 8. The third-order valence-electron chi connectivity index (χ3n) is 3.96. The van der Waals surface area contributed by atoms with Gasteiger partial charge in [0.05, 0.1) is 13.2 Å². The van der Waals surface area contributed by atoms with Gasteiger partial charge in [0, 0.05) is 0 Å². The Morgan fingerprint density at radius 2 is 1.22 bits per heavy atom. The Bertz CT molecular complexity index is 380. The highest BCUT2D eigenvalue weighted by Gasteiger charge is 2.46. The molecule has 2 heterocycles. The summed E-state index contributed by atoms with van der Waals surface area (Å²) in [5, 5.41) is 76.1. The van der Waals surface area contributed by atoms with Gasteiger partial charge in [-0.1, -0.05) is 0 Å². The van der Waals surface area contributed by atoms with Crippen molar-refractivity contribution < 1.29 is 55.1 Å². The fraction of sp³-hybridized carbons (Fsp3) is 1.00. The Labute approximate surface area is 130 Å². The summed E-state index contributed by atoms with van der Waals surface area (Å²) in [4.78, 5) is 0. The van der Waals surface area contributed by atoms with Crippen LogP contribution in [0, 0.1) is 0 Å². The van der Waals surface area contributed by atoms with Crippen molar-refractivity contribution >= 4 is 0 Å². The molecule has 23 heavy (non-hydrogen) atoms. The Kier molecular flexibility index (Phi) is 6.27. The number of hydrogen-bond acceptors (Lipinski definition) is 11. The van der Waals surface area contributed by atoms with Crippen LogP contribution in [-0.4, -0.2) is 115 Å².